The smallest absolute Gasteiger partial charge is 0.326 e. The van der Waals surface area contributed by atoms with Crippen LogP contribution in [0.1, 0.15) is 21.1 Å². The normalized spacial score (nSPS) is 11.8. The van der Waals surface area contributed by atoms with Crippen LogP contribution in [-0.2, 0) is 11.2 Å². The molecular weight excluding hydrogens is 276 g/mol. The van der Waals surface area contributed by atoms with Crippen molar-refractivity contribution in [1.82, 2.24) is 10.3 Å². The highest BCUT2D eigenvalue weighted by molar-refractivity contribution is 7.09. The van der Waals surface area contributed by atoms with Crippen molar-refractivity contribution in [3.8, 4) is 0 Å². The number of nitrogens with zero attached hydrogens (tertiary/aromatic N) is 1. The molecule has 0 bridgehead atoms. The van der Waals surface area contributed by atoms with Crippen molar-refractivity contribution < 1.29 is 14.7 Å². The second-order valence-corrected chi connectivity index (χ2v) is 5.37. The van der Waals surface area contributed by atoms with Crippen molar-refractivity contribution in [3.63, 3.8) is 0 Å². The van der Waals surface area contributed by atoms with Crippen molar-refractivity contribution in [2.24, 2.45) is 0 Å². The Morgan fingerprint density at radius 2 is 2.05 bits per heavy atom. The molecule has 2 rings (SSSR count). The molecule has 0 aliphatic heterocycles. The average Bonchev–Trinajstić information content (AvgIpc) is 2.86. The third-order valence-electron chi connectivity index (χ3n) is 2.74. The van der Waals surface area contributed by atoms with Gasteiger partial charge in [0.2, 0.25) is 0 Å². The molecule has 0 aliphatic rings. The molecule has 0 radical (unpaired) electrons. The molecule has 5 nitrogen and oxygen atoms in total. The fourth-order valence-corrected chi connectivity index (χ4v) is 2.34. The molecule has 0 saturated carbocycles. The van der Waals surface area contributed by atoms with E-state index >= 15 is 0 Å². The second-order valence-electron chi connectivity index (χ2n) is 4.31. The monoisotopic (exact) mass is 290 g/mol. The van der Waals surface area contributed by atoms with Crippen LogP contribution in [0.5, 0.6) is 0 Å². The van der Waals surface area contributed by atoms with Crippen LogP contribution in [0.25, 0.3) is 0 Å². The Labute approximate surface area is 120 Å². The summed E-state index contributed by atoms with van der Waals surface area (Å²) >= 11 is 1.35. The van der Waals surface area contributed by atoms with E-state index in [9.17, 15) is 14.7 Å². The zero-order valence-electron chi connectivity index (χ0n) is 10.9. The number of carboxylic acid groups (broad SMARTS) is 1. The van der Waals surface area contributed by atoms with E-state index in [0.717, 1.165) is 10.6 Å². The van der Waals surface area contributed by atoms with Gasteiger partial charge in [0, 0.05) is 11.8 Å². The Hall–Kier alpha value is -2.21. The van der Waals surface area contributed by atoms with E-state index in [2.05, 4.69) is 10.3 Å². The molecule has 1 heterocycles. The highest BCUT2D eigenvalue weighted by atomic mass is 32.1. The summed E-state index contributed by atoms with van der Waals surface area (Å²) in [6, 6.07) is 8.21. The molecule has 104 valence electrons. The molecule has 6 heteroatoms. The number of hydrogen-bond donors (Lipinski definition) is 2. The van der Waals surface area contributed by atoms with Crippen molar-refractivity contribution in [1.29, 1.82) is 0 Å². The van der Waals surface area contributed by atoms with Crippen LogP contribution in [0.15, 0.2) is 35.7 Å². The van der Waals surface area contributed by atoms with Gasteiger partial charge in [0.05, 0.1) is 5.01 Å². The quantitative estimate of drug-likeness (QED) is 0.881. The Balaban J connectivity index is 2.06. The number of carbonyl (C=O) groups is 2. The number of aryl methyl sites for hydroxylation is 1. The summed E-state index contributed by atoms with van der Waals surface area (Å²) in [7, 11) is 0. The Morgan fingerprint density at radius 1 is 1.35 bits per heavy atom. The molecule has 1 unspecified atom stereocenters. The number of thiazole rings is 1. The SMILES string of the molecule is Cc1nc(C(=O)NC(Cc2ccccc2)C(=O)O)cs1. The van der Waals surface area contributed by atoms with Crippen LogP contribution in [-0.4, -0.2) is 28.0 Å². The first-order chi connectivity index (χ1) is 9.56. The topological polar surface area (TPSA) is 79.3 Å². The number of carbonyl (C=O) groups excluding carboxylic acids is 1. The van der Waals surface area contributed by atoms with Gasteiger partial charge >= 0.3 is 5.97 Å². The zero-order chi connectivity index (χ0) is 14.5. The van der Waals surface area contributed by atoms with Gasteiger partial charge in [0.25, 0.3) is 5.91 Å². The summed E-state index contributed by atoms with van der Waals surface area (Å²) in [4.78, 5) is 27.2. The number of rotatable bonds is 5. The maximum Gasteiger partial charge on any atom is 0.326 e. The molecule has 20 heavy (non-hydrogen) atoms. The van der Waals surface area contributed by atoms with Gasteiger partial charge in [-0.1, -0.05) is 30.3 Å². The average molecular weight is 290 g/mol. The highest BCUT2D eigenvalue weighted by Gasteiger charge is 2.22. The maximum absolute atomic E-state index is 11.9. The molecule has 2 N–H and O–H groups in total. The van der Waals surface area contributed by atoms with Gasteiger partial charge in [0.1, 0.15) is 11.7 Å². The second kappa shape index (κ2) is 6.29. The van der Waals surface area contributed by atoms with Gasteiger partial charge in [-0.15, -0.1) is 11.3 Å². The zero-order valence-corrected chi connectivity index (χ0v) is 11.7. The van der Waals surface area contributed by atoms with E-state index in [1.54, 1.807) is 12.3 Å². The maximum atomic E-state index is 11.9. The predicted octanol–water partition coefficient (Wildman–Crippen LogP) is 1.88. The van der Waals surface area contributed by atoms with Crippen molar-refractivity contribution >= 4 is 23.2 Å². The molecule has 1 aromatic carbocycles. The van der Waals surface area contributed by atoms with Gasteiger partial charge in [0.15, 0.2) is 0 Å². The lowest BCUT2D eigenvalue weighted by Gasteiger charge is -2.13. The van der Waals surface area contributed by atoms with Gasteiger partial charge in [-0.2, -0.15) is 0 Å². The summed E-state index contributed by atoms with van der Waals surface area (Å²) in [5.74, 6) is -1.52. The summed E-state index contributed by atoms with van der Waals surface area (Å²) < 4.78 is 0. The number of amides is 1. The van der Waals surface area contributed by atoms with Crippen molar-refractivity contribution in [3.05, 3.63) is 52.0 Å². The highest BCUT2D eigenvalue weighted by Crippen LogP contribution is 2.09. The molecule has 0 saturated heterocycles. The Bertz CT molecular complexity index is 610. The molecular formula is C14H14N2O3S. The number of benzene rings is 1. The minimum Gasteiger partial charge on any atom is -0.480 e. The number of hydrogen-bond acceptors (Lipinski definition) is 4. The summed E-state index contributed by atoms with van der Waals surface area (Å²) in [5.41, 5.74) is 1.11. The van der Waals surface area contributed by atoms with Crippen LogP contribution >= 0.6 is 11.3 Å². The van der Waals surface area contributed by atoms with Gasteiger partial charge in [-0.3, -0.25) is 4.79 Å². The molecule has 2 aromatic rings. The first-order valence-electron chi connectivity index (χ1n) is 6.06. The van der Waals surface area contributed by atoms with Gasteiger partial charge < -0.3 is 10.4 Å². The largest absolute Gasteiger partial charge is 0.480 e. The van der Waals surface area contributed by atoms with E-state index in [-0.39, 0.29) is 12.1 Å². The Morgan fingerprint density at radius 3 is 2.60 bits per heavy atom. The van der Waals surface area contributed by atoms with E-state index in [4.69, 9.17) is 0 Å². The first kappa shape index (κ1) is 14.2. The van der Waals surface area contributed by atoms with Crippen LogP contribution in [0.4, 0.5) is 0 Å². The first-order valence-corrected chi connectivity index (χ1v) is 6.94. The molecule has 1 amide bonds. The fraction of sp³-hybridized carbons (Fsp3) is 0.214. The van der Waals surface area contributed by atoms with Crippen molar-refractivity contribution in [2.75, 3.05) is 0 Å². The standard InChI is InChI=1S/C14H14N2O3S/c1-9-15-12(8-20-9)13(17)16-11(14(18)19)7-10-5-3-2-4-6-10/h2-6,8,11H,7H2,1H3,(H,16,17)(H,18,19). The van der Waals surface area contributed by atoms with Crippen molar-refractivity contribution in [2.45, 2.75) is 19.4 Å². The summed E-state index contributed by atoms with van der Waals surface area (Å²) in [5, 5.41) is 14.1. The molecule has 1 atom stereocenters. The molecule has 0 spiro atoms. The number of aliphatic carboxylic acids is 1. The van der Waals surface area contributed by atoms with Gasteiger partial charge in [-0.05, 0) is 12.5 Å². The lowest BCUT2D eigenvalue weighted by molar-refractivity contribution is -0.139. The Kier molecular flexibility index (Phi) is 4.47. The van der Waals surface area contributed by atoms with Crippen LogP contribution < -0.4 is 5.32 Å². The molecule has 0 fully saturated rings. The van der Waals surface area contributed by atoms with Crippen LogP contribution in [0.3, 0.4) is 0 Å². The number of nitrogens with one attached hydrogen (secondary N) is 1. The fourth-order valence-electron chi connectivity index (χ4n) is 1.75. The summed E-state index contributed by atoms with van der Waals surface area (Å²) in [6.45, 7) is 1.79. The van der Waals surface area contributed by atoms with E-state index in [0.29, 0.717) is 0 Å². The van der Waals surface area contributed by atoms with E-state index in [1.807, 2.05) is 30.3 Å². The molecule has 0 aliphatic carbocycles. The molecule has 1 aromatic heterocycles. The van der Waals surface area contributed by atoms with E-state index < -0.39 is 17.9 Å². The lowest BCUT2D eigenvalue weighted by Crippen LogP contribution is -2.42. The van der Waals surface area contributed by atoms with Gasteiger partial charge in [-0.25, -0.2) is 9.78 Å². The minimum absolute atomic E-state index is 0.241. The number of aromatic nitrogens is 1. The third-order valence-corrected chi connectivity index (χ3v) is 3.51. The summed E-state index contributed by atoms with van der Waals surface area (Å²) in [6.07, 6.45) is 0.241. The predicted molar refractivity (Wildman–Crippen MR) is 75.9 cm³/mol. The van der Waals surface area contributed by atoms with Crippen LogP contribution in [0.2, 0.25) is 0 Å². The lowest BCUT2D eigenvalue weighted by atomic mass is 10.1. The minimum atomic E-state index is -1.06. The van der Waals surface area contributed by atoms with E-state index in [1.165, 1.54) is 11.3 Å². The third kappa shape index (κ3) is 3.64. The number of carboxylic acids is 1. The van der Waals surface area contributed by atoms with Crippen LogP contribution in [0, 0.1) is 6.92 Å².